The maximum absolute atomic E-state index is 12.6. The van der Waals surface area contributed by atoms with E-state index in [0.717, 1.165) is 50.0 Å². The average molecular weight is 531 g/mol. The Hall–Kier alpha value is -4.05. The Morgan fingerprint density at radius 2 is 1.77 bits per heavy atom. The third-order valence-corrected chi connectivity index (χ3v) is 7.18. The Kier molecular flexibility index (Phi) is 8.62. The van der Waals surface area contributed by atoms with Crippen LogP contribution in [0, 0.1) is 10.1 Å². The van der Waals surface area contributed by atoms with E-state index in [1.165, 1.54) is 31.0 Å². The molecule has 204 valence electrons. The summed E-state index contributed by atoms with van der Waals surface area (Å²) in [6.45, 7) is 3.78. The van der Waals surface area contributed by atoms with Crippen LogP contribution in [-0.4, -0.2) is 47.0 Å². The number of piperidine rings is 1. The van der Waals surface area contributed by atoms with Crippen molar-refractivity contribution in [1.82, 2.24) is 15.3 Å². The lowest BCUT2D eigenvalue weighted by Gasteiger charge is -2.31. The molecule has 1 amide bonds. The molecule has 10 heteroatoms. The van der Waals surface area contributed by atoms with Gasteiger partial charge in [0.1, 0.15) is 0 Å². The lowest BCUT2D eigenvalue weighted by Crippen LogP contribution is -2.30. The number of fused-ring (bicyclic) bond motifs is 11. The van der Waals surface area contributed by atoms with Crippen LogP contribution in [0.4, 0.5) is 23.0 Å². The third kappa shape index (κ3) is 6.69. The second-order valence-electron chi connectivity index (χ2n) is 9.99. The van der Waals surface area contributed by atoms with Gasteiger partial charge in [0.15, 0.2) is 0 Å². The SMILES string of the molecule is O=C1NCCCCCCOCc2cc(ccc2N2CCCCC2)Nc2nccc(n2)-c2ccc1cc2[N+](=O)[O-]. The van der Waals surface area contributed by atoms with Crippen molar-refractivity contribution >= 4 is 28.9 Å². The van der Waals surface area contributed by atoms with Gasteiger partial charge in [0, 0.05) is 61.0 Å². The zero-order valence-corrected chi connectivity index (χ0v) is 22.0. The highest BCUT2D eigenvalue weighted by molar-refractivity contribution is 5.96. The van der Waals surface area contributed by atoms with Gasteiger partial charge in [0.25, 0.3) is 11.6 Å². The molecule has 0 atom stereocenters. The number of anilines is 3. The van der Waals surface area contributed by atoms with Crippen LogP contribution in [0.3, 0.4) is 0 Å². The van der Waals surface area contributed by atoms with Crippen LogP contribution < -0.4 is 15.5 Å². The molecule has 1 saturated heterocycles. The summed E-state index contributed by atoms with van der Waals surface area (Å²) in [5.41, 5.74) is 3.91. The minimum atomic E-state index is -0.484. The molecule has 3 aliphatic heterocycles. The van der Waals surface area contributed by atoms with Crippen LogP contribution in [0.5, 0.6) is 0 Å². The molecule has 6 rings (SSSR count). The van der Waals surface area contributed by atoms with E-state index in [2.05, 4.69) is 37.6 Å². The number of hydrogen-bond donors (Lipinski definition) is 2. The summed E-state index contributed by atoms with van der Waals surface area (Å²) in [4.78, 5) is 35.4. The number of nitrogens with one attached hydrogen (secondary N) is 2. The van der Waals surface area contributed by atoms with Crippen LogP contribution in [0.1, 0.15) is 60.9 Å². The summed E-state index contributed by atoms with van der Waals surface area (Å²) in [6, 6.07) is 12.3. The third-order valence-electron chi connectivity index (χ3n) is 7.18. The van der Waals surface area contributed by atoms with Gasteiger partial charge in [-0.25, -0.2) is 9.97 Å². The van der Waals surface area contributed by atoms with Gasteiger partial charge in [-0.05, 0) is 68.5 Å². The first kappa shape index (κ1) is 26.6. The van der Waals surface area contributed by atoms with Crippen LogP contribution in [0.25, 0.3) is 11.3 Å². The number of carbonyl (C=O) groups is 1. The van der Waals surface area contributed by atoms with Crippen molar-refractivity contribution in [2.24, 2.45) is 0 Å². The molecule has 2 N–H and O–H groups in total. The minimum Gasteiger partial charge on any atom is -0.377 e. The zero-order chi connectivity index (χ0) is 27.0. The minimum absolute atomic E-state index is 0.177. The molecule has 1 aromatic heterocycles. The van der Waals surface area contributed by atoms with E-state index < -0.39 is 4.92 Å². The van der Waals surface area contributed by atoms with Crippen LogP contribution in [0.2, 0.25) is 0 Å². The highest BCUT2D eigenvalue weighted by Crippen LogP contribution is 2.32. The molecule has 4 heterocycles. The van der Waals surface area contributed by atoms with Gasteiger partial charge < -0.3 is 20.3 Å². The van der Waals surface area contributed by atoms with Crippen molar-refractivity contribution in [1.29, 1.82) is 0 Å². The number of nitro groups is 1. The molecule has 39 heavy (non-hydrogen) atoms. The first-order chi connectivity index (χ1) is 19.1. The maximum Gasteiger partial charge on any atom is 0.279 e. The molecule has 0 radical (unpaired) electrons. The van der Waals surface area contributed by atoms with E-state index in [1.807, 2.05) is 6.07 Å². The molecular formula is C29H34N6O4. The molecule has 3 aliphatic rings. The molecule has 1 fully saturated rings. The predicted molar refractivity (Wildman–Crippen MR) is 150 cm³/mol. The Morgan fingerprint density at radius 3 is 2.62 bits per heavy atom. The van der Waals surface area contributed by atoms with Crippen LogP contribution in [0.15, 0.2) is 48.7 Å². The predicted octanol–water partition coefficient (Wildman–Crippen LogP) is 5.61. The lowest BCUT2D eigenvalue weighted by atomic mass is 10.1. The van der Waals surface area contributed by atoms with Crippen molar-refractivity contribution in [2.45, 2.75) is 51.6 Å². The summed E-state index contributed by atoms with van der Waals surface area (Å²) in [5, 5.41) is 18.0. The second kappa shape index (κ2) is 12.7. The number of nitrogens with zero attached hydrogens (tertiary/aromatic N) is 4. The quantitative estimate of drug-likeness (QED) is 0.324. The zero-order valence-electron chi connectivity index (χ0n) is 22.0. The number of rotatable bonds is 2. The lowest BCUT2D eigenvalue weighted by molar-refractivity contribution is -0.384. The maximum atomic E-state index is 12.6. The summed E-state index contributed by atoms with van der Waals surface area (Å²) in [6.07, 6.45) is 8.96. The number of benzene rings is 2. The Balaban J connectivity index is 1.48. The number of carbonyl (C=O) groups excluding carboxylic acids is 1. The van der Waals surface area contributed by atoms with E-state index in [9.17, 15) is 14.9 Å². The normalized spacial score (nSPS) is 17.0. The van der Waals surface area contributed by atoms with E-state index in [4.69, 9.17) is 4.74 Å². The molecule has 3 aromatic rings. The number of nitro benzene ring substituents is 1. The van der Waals surface area contributed by atoms with Gasteiger partial charge in [-0.1, -0.05) is 12.8 Å². The summed E-state index contributed by atoms with van der Waals surface area (Å²) in [5.74, 6) is -0.000183. The van der Waals surface area contributed by atoms with E-state index >= 15 is 0 Å². The van der Waals surface area contributed by atoms with Gasteiger partial charge in [0.05, 0.1) is 22.8 Å². The first-order valence-electron chi connectivity index (χ1n) is 13.7. The topological polar surface area (TPSA) is 123 Å². The molecule has 0 unspecified atom stereocenters. The van der Waals surface area contributed by atoms with Crippen LogP contribution in [-0.2, 0) is 11.3 Å². The molecular weight excluding hydrogens is 496 g/mol. The molecule has 0 aliphatic carbocycles. The van der Waals surface area contributed by atoms with Gasteiger partial charge >= 0.3 is 0 Å². The molecule has 6 bridgehead atoms. The van der Waals surface area contributed by atoms with Crippen molar-refractivity contribution in [3.63, 3.8) is 0 Å². The van der Waals surface area contributed by atoms with Crippen molar-refractivity contribution in [3.05, 3.63) is 69.9 Å². The smallest absolute Gasteiger partial charge is 0.279 e. The van der Waals surface area contributed by atoms with Crippen LogP contribution >= 0.6 is 0 Å². The molecule has 10 nitrogen and oxygen atoms in total. The van der Waals surface area contributed by atoms with E-state index in [-0.39, 0.29) is 17.2 Å². The highest BCUT2D eigenvalue weighted by Gasteiger charge is 2.21. The fraction of sp³-hybridized carbons (Fsp3) is 0.414. The van der Waals surface area contributed by atoms with Gasteiger partial charge in [0.2, 0.25) is 5.95 Å². The molecule has 0 spiro atoms. The van der Waals surface area contributed by atoms with Gasteiger partial charge in [-0.3, -0.25) is 14.9 Å². The molecule has 2 aromatic carbocycles. The largest absolute Gasteiger partial charge is 0.377 e. The Bertz CT molecular complexity index is 1320. The standard InChI is InChI=1S/C29H34N6O4/c36-28-21-8-10-24(27(19-21)35(37)38)25-12-14-31-29(33-25)32-23-9-11-26(34-15-5-3-6-16-34)22(18-23)20-39-17-7-2-1-4-13-30-28/h8-12,14,18-19H,1-7,13,15-17,20H2,(H,30,36)(H,31,32,33). The number of amides is 1. The van der Waals surface area contributed by atoms with E-state index in [0.29, 0.717) is 37.0 Å². The van der Waals surface area contributed by atoms with Gasteiger partial charge in [-0.15, -0.1) is 0 Å². The second-order valence-corrected chi connectivity index (χ2v) is 9.99. The summed E-state index contributed by atoms with van der Waals surface area (Å²) < 4.78 is 6.09. The monoisotopic (exact) mass is 530 g/mol. The fourth-order valence-electron chi connectivity index (χ4n) is 5.13. The van der Waals surface area contributed by atoms with E-state index in [1.54, 1.807) is 24.4 Å². The van der Waals surface area contributed by atoms with Crippen molar-refractivity contribution in [3.8, 4) is 11.3 Å². The Morgan fingerprint density at radius 1 is 0.949 bits per heavy atom. The first-order valence-corrected chi connectivity index (χ1v) is 13.7. The number of aromatic nitrogens is 2. The highest BCUT2D eigenvalue weighted by atomic mass is 16.6. The van der Waals surface area contributed by atoms with Crippen molar-refractivity contribution in [2.75, 3.05) is 36.5 Å². The summed E-state index contributed by atoms with van der Waals surface area (Å²) in [7, 11) is 0. The number of ether oxygens (including phenoxy) is 1. The summed E-state index contributed by atoms with van der Waals surface area (Å²) >= 11 is 0. The molecule has 0 saturated carbocycles. The van der Waals surface area contributed by atoms with Crippen molar-refractivity contribution < 1.29 is 14.5 Å². The fourth-order valence-corrected chi connectivity index (χ4v) is 5.13. The Labute approximate surface area is 228 Å². The average Bonchev–Trinajstić information content (AvgIpc) is 2.96. The number of hydrogen-bond acceptors (Lipinski definition) is 8. The van der Waals surface area contributed by atoms with Gasteiger partial charge in [-0.2, -0.15) is 0 Å².